The molecular formula is C7H3Br2NOS. The summed E-state index contributed by atoms with van der Waals surface area (Å²) in [7, 11) is 0. The first-order valence-electron chi connectivity index (χ1n) is 3.12. The van der Waals surface area contributed by atoms with Crippen molar-refractivity contribution >= 4 is 43.2 Å². The highest BCUT2D eigenvalue weighted by molar-refractivity contribution is 9.11. The van der Waals surface area contributed by atoms with E-state index in [1.54, 1.807) is 17.6 Å². The van der Waals surface area contributed by atoms with Crippen LogP contribution in [0.15, 0.2) is 31.4 Å². The van der Waals surface area contributed by atoms with Crippen LogP contribution in [0.25, 0.3) is 10.6 Å². The van der Waals surface area contributed by atoms with Crippen molar-refractivity contribution in [2.24, 2.45) is 0 Å². The molecular weight excluding hydrogens is 306 g/mol. The Hall–Kier alpha value is -0.130. The van der Waals surface area contributed by atoms with Crippen LogP contribution in [0.4, 0.5) is 0 Å². The monoisotopic (exact) mass is 307 g/mol. The Bertz CT molecular complexity index is 357. The van der Waals surface area contributed by atoms with Gasteiger partial charge in [0.1, 0.15) is 12.0 Å². The van der Waals surface area contributed by atoms with Gasteiger partial charge in [-0.25, -0.2) is 4.98 Å². The molecule has 12 heavy (non-hydrogen) atoms. The minimum absolute atomic E-state index is 0.516. The van der Waals surface area contributed by atoms with Gasteiger partial charge in [-0.1, -0.05) is 0 Å². The molecule has 2 aromatic heterocycles. The summed E-state index contributed by atoms with van der Waals surface area (Å²) in [5, 5.41) is 0. The van der Waals surface area contributed by atoms with E-state index in [9.17, 15) is 0 Å². The molecule has 0 aliphatic heterocycles. The van der Waals surface area contributed by atoms with Crippen LogP contribution in [-0.2, 0) is 0 Å². The zero-order chi connectivity index (χ0) is 8.55. The lowest BCUT2D eigenvalue weighted by molar-refractivity contribution is 0.529. The Morgan fingerprint density at radius 3 is 2.67 bits per heavy atom. The number of hydrogen-bond donors (Lipinski definition) is 0. The molecule has 2 aromatic rings. The van der Waals surface area contributed by atoms with Crippen molar-refractivity contribution in [1.82, 2.24) is 4.98 Å². The predicted octanol–water partition coefficient (Wildman–Crippen LogP) is 3.93. The highest BCUT2D eigenvalue weighted by Gasteiger charge is 2.05. The van der Waals surface area contributed by atoms with Gasteiger partial charge in [-0.2, -0.15) is 0 Å². The third-order valence-corrected chi connectivity index (χ3v) is 3.31. The molecule has 0 aromatic carbocycles. The first-order chi connectivity index (χ1) is 5.75. The van der Waals surface area contributed by atoms with E-state index in [1.807, 2.05) is 12.1 Å². The first-order valence-corrected chi connectivity index (χ1v) is 5.53. The Labute approximate surface area is 89.9 Å². The van der Waals surface area contributed by atoms with Crippen LogP contribution >= 0.6 is 43.2 Å². The number of aromatic nitrogens is 1. The summed E-state index contributed by atoms with van der Waals surface area (Å²) in [5.41, 5.74) is 0.859. The second-order valence-electron chi connectivity index (χ2n) is 2.09. The van der Waals surface area contributed by atoms with E-state index in [0.717, 1.165) is 14.4 Å². The number of rotatable bonds is 1. The zero-order valence-corrected chi connectivity index (χ0v) is 9.74. The van der Waals surface area contributed by atoms with Crippen LogP contribution in [0.3, 0.4) is 0 Å². The number of halogens is 2. The molecule has 0 aliphatic carbocycles. The van der Waals surface area contributed by atoms with Crippen LogP contribution in [0, 0.1) is 0 Å². The van der Waals surface area contributed by atoms with Crippen molar-refractivity contribution in [3.05, 3.63) is 27.0 Å². The summed E-state index contributed by atoms with van der Waals surface area (Å²) in [6.45, 7) is 0. The first kappa shape index (κ1) is 8.47. The average Bonchev–Trinajstić information content (AvgIpc) is 2.58. The number of hydrogen-bond acceptors (Lipinski definition) is 3. The molecule has 0 bridgehead atoms. The van der Waals surface area contributed by atoms with Crippen LogP contribution in [-0.4, -0.2) is 4.98 Å². The lowest BCUT2D eigenvalue weighted by Crippen LogP contribution is -1.67. The molecule has 0 radical (unpaired) electrons. The van der Waals surface area contributed by atoms with Crippen LogP contribution in [0.2, 0.25) is 0 Å². The largest absolute Gasteiger partial charge is 0.439 e. The molecule has 2 nitrogen and oxygen atoms in total. The molecule has 5 heteroatoms. The number of oxazole rings is 1. The van der Waals surface area contributed by atoms with Crippen molar-refractivity contribution in [3.8, 4) is 10.6 Å². The average molecular weight is 309 g/mol. The molecule has 0 saturated heterocycles. The zero-order valence-electron chi connectivity index (χ0n) is 5.75. The van der Waals surface area contributed by atoms with Crippen molar-refractivity contribution in [2.45, 2.75) is 0 Å². The molecule has 0 saturated carbocycles. The molecule has 0 atom stereocenters. The van der Waals surface area contributed by atoms with Crippen molar-refractivity contribution in [3.63, 3.8) is 0 Å². The molecule has 0 amide bonds. The summed E-state index contributed by atoms with van der Waals surface area (Å²) in [4.78, 5) is 5.74. The highest BCUT2D eigenvalue weighted by atomic mass is 79.9. The van der Waals surface area contributed by atoms with Gasteiger partial charge in [0, 0.05) is 15.9 Å². The van der Waals surface area contributed by atoms with Crippen LogP contribution < -0.4 is 0 Å². The lowest BCUT2D eigenvalue weighted by Gasteiger charge is -1.83. The summed E-state index contributed by atoms with van der Waals surface area (Å²) in [6, 6.07) is 3.99. The van der Waals surface area contributed by atoms with Gasteiger partial charge in [-0.3, -0.25) is 0 Å². The standard InChI is InChI=1S/C7H3Br2NOS/c8-6-2-1-5(12-6)4-3-11-7(9)10-4/h1-3H. The topological polar surface area (TPSA) is 26.0 Å². The molecule has 0 fully saturated rings. The Morgan fingerprint density at radius 1 is 1.33 bits per heavy atom. The minimum Gasteiger partial charge on any atom is -0.439 e. The molecule has 2 rings (SSSR count). The highest BCUT2D eigenvalue weighted by Crippen LogP contribution is 2.31. The molecule has 0 spiro atoms. The maximum absolute atomic E-state index is 5.03. The number of thiophene rings is 1. The van der Waals surface area contributed by atoms with Crippen molar-refractivity contribution in [2.75, 3.05) is 0 Å². The van der Waals surface area contributed by atoms with E-state index in [-0.39, 0.29) is 0 Å². The quantitative estimate of drug-likeness (QED) is 0.798. The van der Waals surface area contributed by atoms with E-state index in [2.05, 4.69) is 36.8 Å². The summed E-state index contributed by atoms with van der Waals surface area (Å²) >= 11 is 8.16. The van der Waals surface area contributed by atoms with Crippen molar-refractivity contribution < 1.29 is 4.42 Å². The van der Waals surface area contributed by atoms with Gasteiger partial charge >= 0.3 is 0 Å². The fraction of sp³-hybridized carbons (Fsp3) is 0. The molecule has 0 aliphatic rings. The van der Waals surface area contributed by atoms with Crippen molar-refractivity contribution in [1.29, 1.82) is 0 Å². The van der Waals surface area contributed by atoms with Gasteiger partial charge < -0.3 is 4.42 Å². The van der Waals surface area contributed by atoms with Gasteiger partial charge in [-0.05, 0) is 28.1 Å². The Balaban J connectivity index is 2.43. The molecule has 2 heterocycles. The molecule has 0 unspecified atom stereocenters. The minimum atomic E-state index is 0.516. The normalized spacial score (nSPS) is 10.5. The molecule has 0 N–H and O–H groups in total. The lowest BCUT2D eigenvalue weighted by atomic mass is 10.4. The van der Waals surface area contributed by atoms with Gasteiger partial charge in [0.05, 0.1) is 8.66 Å². The Kier molecular flexibility index (Phi) is 2.34. The van der Waals surface area contributed by atoms with Gasteiger partial charge in [0.15, 0.2) is 0 Å². The predicted molar refractivity (Wildman–Crippen MR) is 55.2 cm³/mol. The van der Waals surface area contributed by atoms with E-state index in [4.69, 9.17) is 4.42 Å². The summed E-state index contributed by atoms with van der Waals surface area (Å²) < 4.78 is 6.12. The second-order valence-corrected chi connectivity index (χ2v) is 5.23. The molecule has 62 valence electrons. The third kappa shape index (κ3) is 1.62. The van der Waals surface area contributed by atoms with Gasteiger partial charge in [0.25, 0.3) is 4.80 Å². The second kappa shape index (κ2) is 3.32. The fourth-order valence-electron chi connectivity index (χ4n) is 0.817. The fourth-order valence-corrected chi connectivity index (χ4v) is 2.44. The van der Waals surface area contributed by atoms with Gasteiger partial charge in [0.2, 0.25) is 0 Å². The van der Waals surface area contributed by atoms with E-state index in [0.29, 0.717) is 4.80 Å². The smallest absolute Gasteiger partial charge is 0.264 e. The summed E-state index contributed by atoms with van der Waals surface area (Å²) in [6.07, 6.45) is 1.63. The maximum Gasteiger partial charge on any atom is 0.264 e. The third-order valence-electron chi connectivity index (χ3n) is 1.30. The number of nitrogens with zero attached hydrogens (tertiary/aromatic N) is 1. The van der Waals surface area contributed by atoms with Gasteiger partial charge in [-0.15, -0.1) is 11.3 Å². The van der Waals surface area contributed by atoms with E-state index in [1.165, 1.54) is 0 Å². The van der Waals surface area contributed by atoms with E-state index < -0.39 is 0 Å². The van der Waals surface area contributed by atoms with Crippen LogP contribution in [0.5, 0.6) is 0 Å². The summed E-state index contributed by atoms with van der Waals surface area (Å²) in [5.74, 6) is 0. The maximum atomic E-state index is 5.03. The van der Waals surface area contributed by atoms with E-state index >= 15 is 0 Å². The SMILES string of the molecule is Brc1nc(-c2ccc(Br)s2)co1. The Morgan fingerprint density at radius 2 is 2.17 bits per heavy atom. The van der Waals surface area contributed by atoms with Crippen LogP contribution in [0.1, 0.15) is 0 Å².